The summed E-state index contributed by atoms with van der Waals surface area (Å²) in [5, 5.41) is 7.37. The molecule has 1 aromatic carbocycles. The highest BCUT2D eigenvalue weighted by Crippen LogP contribution is 2.13. The number of anilines is 2. The number of aryl methyl sites for hydroxylation is 1. The Hall–Kier alpha value is -2.86. The summed E-state index contributed by atoms with van der Waals surface area (Å²) < 4.78 is 7.40. The summed E-state index contributed by atoms with van der Waals surface area (Å²) in [5.41, 5.74) is 10.3. The molecule has 3 rings (SSSR count). The molecule has 3 aromatic rings. The summed E-state index contributed by atoms with van der Waals surface area (Å²) in [6, 6.07) is 11.9. The third kappa shape index (κ3) is 4.08. The summed E-state index contributed by atoms with van der Waals surface area (Å²) in [7, 11) is 0. The fraction of sp³-hybridized carbons (Fsp3) is 0.176. The number of nitrogens with one attached hydrogen (secondary N) is 1. The van der Waals surface area contributed by atoms with Crippen LogP contribution in [0.1, 0.15) is 11.3 Å². The Morgan fingerprint density at radius 2 is 2.13 bits per heavy atom. The molecule has 0 atom stereocenters. The molecular weight excluding hydrogens is 290 g/mol. The molecular formula is C17H19N5O. The number of aromatic nitrogens is 3. The summed E-state index contributed by atoms with van der Waals surface area (Å²) in [6.45, 7) is 2.89. The third-order valence-corrected chi connectivity index (χ3v) is 3.34. The smallest absolute Gasteiger partial charge is 0.116 e. The van der Waals surface area contributed by atoms with E-state index in [-0.39, 0.29) is 0 Å². The number of pyridine rings is 1. The van der Waals surface area contributed by atoms with Crippen molar-refractivity contribution in [2.75, 3.05) is 17.8 Å². The molecule has 0 saturated carbocycles. The van der Waals surface area contributed by atoms with Gasteiger partial charge in [-0.1, -0.05) is 12.1 Å². The number of hydrogen-bond acceptors (Lipinski definition) is 5. The number of ether oxygens (including phenoxy) is 1. The summed E-state index contributed by atoms with van der Waals surface area (Å²) >= 11 is 0. The van der Waals surface area contributed by atoms with Crippen molar-refractivity contribution in [3.8, 4) is 5.69 Å². The molecule has 0 radical (unpaired) electrons. The zero-order chi connectivity index (χ0) is 16.1. The first kappa shape index (κ1) is 15.1. The summed E-state index contributed by atoms with van der Waals surface area (Å²) in [4.78, 5) is 4.23. The Bertz CT molecular complexity index is 767. The standard InChI is InChI=1S/C17H19N5O/c1-13-5-6-16(9-19-13)20-12-23-11-14-3-2-4-17(7-14)22-10-15(18)8-21-22/h2-10,20H,11-12,18H2,1H3. The van der Waals surface area contributed by atoms with Crippen LogP contribution in [0, 0.1) is 6.92 Å². The van der Waals surface area contributed by atoms with Gasteiger partial charge in [-0.05, 0) is 36.8 Å². The second-order valence-corrected chi connectivity index (χ2v) is 5.25. The molecule has 0 aliphatic rings. The van der Waals surface area contributed by atoms with E-state index in [0.29, 0.717) is 19.0 Å². The molecule has 0 amide bonds. The predicted molar refractivity (Wildman–Crippen MR) is 90.2 cm³/mol. The van der Waals surface area contributed by atoms with Crippen molar-refractivity contribution in [1.29, 1.82) is 0 Å². The monoisotopic (exact) mass is 309 g/mol. The molecule has 6 heteroatoms. The van der Waals surface area contributed by atoms with Crippen LogP contribution in [-0.4, -0.2) is 21.5 Å². The van der Waals surface area contributed by atoms with Gasteiger partial charge in [0.05, 0.1) is 42.3 Å². The van der Waals surface area contributed by atoms with Crippen molar-refractivity contribution >= 4 is 11.4 Å². The van der Waals surface area contributed by atoms with Crippen molar-refractivity contribution < 1.29 is 4.74 Å². The quantitative estimate of drug-likeness (QED) is 0.541. The first-order valence-corrected chi connectivity index (χ1v) is 7.34. The SMILES string of the molecule is Cc1ccc(NCOCc2cccc(-n3cc(N)cn3)c2)cn1. The molecule has 2 heterocycles. The molecule has 0 aliphatic carbocycles. The van der Waals surface area contributed by atoms with E-state index in [1.807, 2.05) is 43.3 Å². The van der Waals surface area contributed by atoms with Crippen molar-refractivity contribution in [3.05, 3.63) is 66.2 Å². The van der Waals surface area contributed by atoms with Crippen LogP contribution in [0.5, 0.6) is 0 Å². The molecule has 118 valence electrons. The van der Waals surface area contributed by atoms with Gasteiger partial charge in [-0.2, -0.15) is 5.10 Å². The highest BCUT2D eigenvalue weighted by molar-refractivity contribution is 5.41. The number of nitrogen functional groups attached to an aromatic ring is 1. The number of hydrogen-bond donors (Lipinski definition) is 2. The number of benzene rings is 1. The third-order valence-electron chi connectivity index (χ3n) is 3.34. The molecule has 3 N–H and O–H groups in total. The number of nitrogens with two attached hydrogens (primary N) is 1. The van der Waals surface area contributed by atoms with Crippen LogP contribution in [0.25, 0.3) is 5.69 Å². The summed E-state index contributed by atoms with van der Waals surface area (Å²) in [5.74, 6) is 0. The Morgan fingerprint density at radius 1 is 1.22 bits per heavy atom. The van der Waals surface area contributed by atoms with Crippen molar-refractivity contribution in [1.82, 2.24) is 14.8 Å². The minimum Gasteiger partial charge on any atom is -0.396 e. The topological polar surface area (TPSA) is 78.0 Å². The van der Waals surface area contributed by atoms with Crippen molar-refractivity contribution in [3.63, 3.8) is 0 Å². The van der Waals surface area contributed by atoms with Crippen LogP contribution in [0.3, 0.4) is 0 Å². The molecule has 23 heavy (non-hydrogen) atoms. The Labute approximate surface area is 134 Å². The van der Waals surface area contributed by atoms with Gasteiger partial charge in [0.25, 0.3) is 0 Å². The van der Waals surface area contributed by atoms with Crippen LogP contribution in [0.2, 0.25) is 0 Å². The molecule has 0 saturated heterocycles. The van der Waals surface area contributed by atoms with E-state index in [9.17, 15) is 0 Å². The van der Waals surface area contributed by atoms with Gasteiger partial charge in [0.15, 0.2) is 0 Å². The average Bonchev–Trinajstić information content (AvgIpc) is 3.00. The molecule has 0 fully saturated rings. The van der Waals surface area contributed by atoms with E-state index in [1.165, 1.54) is 0 Å². The molecule has 0 aliphatic heterocycles. The average molecular weight is 309 g/mol. The Morgan fingerprint density at radius 3 is 2.87 bits per heavy atom. The van der Waals surface area contributed by atoms with E-state index < -0.39 is 0 Å². The van der Waals surface area contributed by atoms with Gasteiger partial charge in [-0.3, -0.25) is 4.98 Å². The first-order chi connectivity index (χ1) is 11.2. The van der Waals surface area contributed by atoms with E-state index in [4.69, 9.17) is 10.5 Å². The minimum atomic E-state index is 0.420. The lowest BCUT2D eigenvalue weighted by Crippen LogP contribution is -2.06. The maximum absolute atomic E-state index is 5.70. The highest BCUT2D eigenvalue weighted by atomic mass is 16.5. The zero-order valence-electron chi connectivity index (χ0n) is 12.9. The van der Waals surface area contributed by atoms with Crippen LogP contribution in [0.4, 0.5) is 11.4 Å². The highest BCUT2D eigenvalue weighted by Gasteiger charge is 2.01. The van der Waals surface area contributed by atoms with Crippen molar-refractivity contribution in [2.45, 2.75) is 13.5 Å². The normalized spacial score (nSPS) is 10.7. The Balaban J connectivity index is 1.53. The molecule has 0 spiro atoms. The minimum absolute atomic E-state index is 0.420. The molecule has 0 bridgehead atoms. The van der Waals surface area contributed by atoms with E-state index >= 15 is 0 Å². The maximum atomic E-state index is 5.70. The van der Waals surface area contributed by atoms with Crippen LogP contribution >= 0.6 is 0 Å². The fourth-order valence-electron chi connectivity index (χ4n) is 2.14. The zero-order valence-corrected chi connectivity index (χ0v) is 12.9. The summed E-state index contributed by atoms with van der Waals surface area (Å²) in [6.07, 6.45) is 5.20. The van der Waals surface area contributed by atoms with Gasteiger partial charge >= 0.3 is 0 Å². The second-order valence-electron chi connectivity index (χ2n) is 5.25. The van der Waals surface area contributed by atoms with Gasteiger partial charge in [-0.25, -0.2) is 4.68 Å². The fourth-order valence-corrected chi connectivity index (χ4v) is 2.14. The van der Waals surface area contributed by atoms with Gasteiger partial charge < -0.3 is 15.8 Å². The lowest BCUT2D eigenvalue weighted by atomic mass is 10.2. The molecule has 6 nitrogen and oxygen atoms in total. The van der Waals surface area contributed by atoms with Gasteiger partial charge in [0.2, 0.25) is 0 Å². The second kappa shape index (κ2) is 6.93. The number of nitrogens with zero attached hydrogens (tertiary/aromatic N) is 3. The van der Waals surface area contributed by atoms with E-state index in [2.05, 4.69) is 15.4 Å². The first-order valence-electron chi connectivity index (χ1n) is 7.34. The van der Waals surface area contributed by atoms with Crippen LogP contribution < -0.4 is 11.1 Å². The van der Waals surface area contributed by atoms with Gasteiger partial charge in [0.1, 0.15) is 6.73 Å². The van der Waals surface area contributed by atoms with Gasteiger partial charge in [-0.15, -0.1) is 0 Å². The predicted octanol–water partition coefficient (Wildman–Crippen LogP) is 2.74. The number of rotatable bonds is 6. The van der Waals surface area contributed by atoms with Crippen LogP contribution in [0.15, 0.2) is 55.0 Å². The lowest BCUT2D eigenvalue weighted by Gasteiger charge is -2.09. The van der Waals surface area contributed by atoms with Crippen molar-refractivity contribution in [2.24, 2.45) is 0 Å². The van der Waals surface area contributed by atoms with Crippen LogP contribution in [-0.2, 0) is 11.3 Å². The molecule has 0 unspecified atom stereocenters. The van der Waals surface area contributed by atoms with E-state index in [0.717, 1.165) is 22.6 Å². The van der Waals surface area contributed by atoms with E-state index in [1.54, 1.807) is 23.3 Å². The Kier molecular flexibility index (Phi) is 4.54. The maximum Gasteiger partial charge on any atom is 0.116 e. The van der Waals surface area contributed by atoms with Gasteiger partial charge in [0, 0.05) is 5.69 Å². The molecule has 2 aromatic heterocycles. The lowest BCUT2D eigenvalue weighted by molar-refractivity contribution is 0.138. The largest absolute Gasteiger partial charge is 0.396 e.